The number of carbonyl (C=O) groups excluding carboxylic acids is 1. The number of halogens is 1. The first-order valence-electron chi connectivity index (χ1n) is 7.94. The van der Waals surface area contributed by atoms with Crippen molar-refractivity contribution in [3.8, 4) is 0 Å². The Hall–Kier alpha value is -0.930. The zero-order valence-electron chi connectivity index (χ0n) is 13.0. The van der Waals surface area contributed by atoms with Crippen LogP contribution in [-0.2, 0) is 9.53 Å². The topological polar surface area (TPSA) is 26.3 Å². The molecule has 0 radical (unpaired) electrons. The Labute approximate surface area is 142 Å². The lowest BCUT2D eigenvalue weighted by Gasteiger charge is -2.21. The predicted octanol–water partition coefficient (Wildman–Crippen LogP) is 5.35. The molecule has 2 rings (SSSR count). The van der Waals surface area contributed by atoms with E-state index in [4.69, 9.17) is 16.3 Å². The smallest absolute Gasteiger partial charge is 0.334 e. The van der Waals surface area contributed by atoms with Crippen LogP contribution in [0.3, 0.4) is 0 Å². The summed E-state index contributed by atoms with van der Waals surface area (Å²) in [5, 5.41) is 1.32. The molecular weight excluding hydrogens is 316 g/mol. The minimum Gasteiger partial charge on any atom is -0.463 e. The van der Waals surface area contributed by atoms with Gasteiger partial charge in [-0.1, -0.05) is 49.1 Å². The number of rotatable bonds is 6. The van der Waals surface area contributed by atoms with Gasteiger partial charge in [0.1, 0.15) is 0 Å². The second-order valence-electron chi connectivity index (χ2n) is 5.48. The Morgan fingerprint density at radius 1 is 1.32 bits per heavy atom. The number of benzene rings is 1. The van der Waals surface area contributed by atoms with Crippen LogP contribution >= 0.6 is 23.4 Å². The van der Waals surface area contributed by atoms with Crippen LogP contribution in [0.2, 0.25) is 5.02 Å². The predicted molar refractivity (Wildman–Crippen MR) is 95.4 cm³/mol. The third-order valence-electron chi connectivity index (χ3n) is 3.80. The SMILES string of the molecule is CCOC(=O)/C(=C/c1ccccc1Cl)CSC1CCCCC1. The average Bonchev–Trinajstić information content (AvgIpc) is 2.54. The summed E-state index contributed by atoms with van der Waals surface area (Å²) in [4.78, 5) is 12.2. The fourth-order valence-corrected chi connectivity index (χ4v) is 4.08. The van der Waals surface area contributed by atoms with E-state index in [0.29, 0.717) is 28.2 Å². The van der Waals surface area contributed by atoms with E-state index >= 15 is 0 Å². The zero-order chi connectivity index (χ0) is 15.8. The van der Waals surface area contributed by atoms with Crippen molar-refractivity contribution in [1.29, 1.82) is 0 Å². The van der Waals surface area contributed by atoms with Crippen LogP contribution in [0.5, 0.6) is 0 Å². The van der Waals surface area contributed by atoms with Crippen molar-refractivity contribution in [2.75, 3.05) is 12.4 Å². The molecule has 1 aromatic rings. The van der Waals surface area contributed by atoms with E-state index in [1.165, 1.54) is 32.1 Å². The maximum atomic E-state index is 12.2. The zero-order valence-corrected chi connectivity index (χ0v) is 14.6. The standard InChI is InChI=1S/C18H23ClO2S/c1-2-21-18(20)15(12-14-8-6-7-11-17(14)19)13-22-16-9-4-3-5-10-16/h6-8,11-12,16H,2-5,9-10,13H2,1H3/b15-12+. The fraction of sp³-hybridized carbons (Fsp3) is 0.500. The van der Waals surface area contributed by atoms with E-state index < -0.39 is 0 Å². The van der Waals surface area contributed by atoms with Crippen LogP contribution in [0.4, 0.5) is 0 Å². The lowest BCUT2D eigenvalue weighted by molar-refractivity contribution is -0.138. The molecule has 0 heterocycles. The highest BCUT2D eigenvalue weighted by molar-refractivity contribution is 8.00. The number of hydrogen-bond acceptors (Lipinski definition) is 3. The van der Waals surface area contributed by atoms with Crippen molar-refractivity contribution in [1.82, 2.24) is 0 Å². The molecule has 1 fully saturated rings. The molecule has 1 aliphatic rings. The summed E-state index contributed by atoms with van der Waals surface area (Å²) in [6.45, 7) is 2.23. The highest BCUT2D eigenvalue weighted by Gasteiger charge is 2.17. The van der Waals surface area contributed by atoms with Gasteiger partial charge in [-0.05, 0) is 37.5 Å². The minimum atomic E-state index is -0.231. The van der Waals surface area contributed by atoms with Gasteiger partial charge in [0.2, 0.25) is 0 Å². The summed E-state index contributed by atoms with van der Waals surface area (Å²) in [6, 6.07) is 7.58. The van der Waals surface area contributed by atoms with Gasteiger partial charge in [-0.15, -0.1) is 0 Å². The average molecular weight is 339 g/mol. The highest BCUT2D eigenvalue weighted by atomic mass is 35.5. The third-order valence-corrected chi connectivity index (χ3v) is 5.56. The molecule has 4 heteroatoms. The Balaban J connectivity index is 2.08. The van der Waals surface area contributed by atoms with Gasteiger partial charge in [-0.3, -0.25) is 0 Å². The quantitative estimate of drug-likeness (QED) is 0.516. The first-order valence-corrected chi connectivity index (χ1v) is 9.37. The number of thioether (sulfide) groups is 1. The normalized spacial score (nSPS) is 16.5. The molecule has 1 saturated carbocycles. The summed E-state index contributed by atoms with van der Waals surface area (Å²) in [7, 11) is 0. The van der Waals surface area contributed by atoms with Crippen LogP contribution < -0.4 is 0 Å². The van der Waals surface area contributed by atoms with E-state index in [2.05, 4.69) is 0 Å². The van der Waals surface area contributed by atoms with E-state index in [9.17, 15) is 4.79 Å². The first kappa shape index (κ1) is 17.4. The molecule has 1 aliphatic carbocycles. The lowest BCUT2D eigenvalue weighted by Crippen LogP contribution is -2.13. The second kappa shape index (κ2) is 9.26. The van der Waals surface area contributed by atoms with E-state index in [-0.39, 0.29) is 5.97 Å². The third kappa shape index (κ3) is 5.36. The molecule has 0 amide bonds. The molecule has 0 saturated heterocycles. The van der Waals surface area contributed by atoms with Gasteiger partial charge in [0.25, 0.3) is 0 Å². The maximum absolute atomic E-state index is 12.2. The Morgan fingerprint density at radius 2 is 2.05 bits per heavy atom. The van der Waals surface area contributed by atoms with Crippen LogP contribution in [0.25, 0.3) is 6.08 Å². The molecule has 0 atom stereocenters. The van der Waals surface area contributed by atoms with Gasteiger partial charge in [0.15, 0.2) is 0 Å². The molecule has 0 aromatic heterocycles. The molecule has 0 unspecified atom stereocenters. The molecule has 0 N–H and O–H groups in total. The largest absolute Gasteiger partial charge is 0.463 e. The van der Waals surface area contributed by atoms with E-state index in [0.717, 1.165) is 5.56 Å². The number of esters is 1. The van der Waals surface area contributed by atoms with E-state index in [1.807, 2.05) is 49.0 Å². The molecule has 0 spiro atoms. The lowest BCUT2D eigenvalue weighted by atomic mass is 10.0. The summed E-state index contributed by atoms with van der Waals surface area (Å²) in [5.74, 6) is 0.458. The van der Waals surface area contributed by atoms with Crippen LogP contribution in [0.15, 0.2) is 29.8 Å². The summed E-state index contributed by atoms with van der Waals surface area (Å²) >= 11 is 8.07. The molecule has 120 valence electrons. The Bertz CT molecular complexity index is 522. The van der Waals surface area contributed by atoms with Crippen molar-refractivity contribution >= 4 is 35.4 Å². The summed E-state index contributed by atoms with van der Waals surface area (Å²) in [5.41, 5.74) is 1.57. The Kier molecular flexibility index (Phi) is 7.34. The van der Waals surface area contributed by atoms with Crippen molar-refractivity contribution in [3.63, 3.8) is 0 Å². The molecule has 22 heavy (non-hydrogen) atoms. The van der Waals surface area contributed by atoms with Gasteiger partial charge in [-0.2, -0.15) is 11.8 Å². The van der Waals surface area contributed by atoms with Gasteiger partial charge < -0.3 is 4.74 Å². The van der Waals surface area contributed by atoms with Gasteiger partial charge in [0, 0.05) is 21.6 Å². The second-order valence-corrected chi connectivity index (χ2v) is 7.18. The summed E-state index contributed by atoms with van der Waals surface area (Å²) in [6.07, 6.45) is 8.34. The first-order chi connectivity index (χ1) is 10.7. The maximum Gasteiger partial charge on any atom is 0.334 e. The molecule has 1 aromatic carbocycles. The highest BCUT2D eigenvalue weighted by Crippen LogP contribution is 2.30. The van der Waals surface area contributed by atoms with Gasteiger partial charge >= 0.3 is 5.97 Å². The van der Waals surface area contributed by atoms with Gasteiger partial charge in [-0.25, -0.2) is 4.79 Å². The number of hydrogen-bond donors (Lipinski definition) is 0. The van der Waals surface area contributed by atoms with Crippen LogP contribution in [0, 0.1) is 0 Å². The van der Waals surface area contributed by atoms with Gasteiger partial charge in [0.05, 0.1) is 6.61 Å². The minimum absolute atomic E-state index is 0.231. The molecular formula is C18H23ClO2S. The Morgan fingerprint density at radius 3 is 2.73 bits per heavy atom. The van der Waals surface area contributed by atoms with Crippen molar-refractivity contribution in [2.24, 2.45) is 0 Å². The molecule has 0 aliphatic heterocycles. The number of carbonyl (C=O) groups is 1. The van der Waals surface area contributed by atoms with Crippen molar-refractivity contribution in [2.45, 2.75) is 44.3 Å². The van der Waals surface area contributed by atoms with E-state index in [1.54, 1.807) is 0 Å². The van der Waals surface area contributed by atoms with Crippen LogP contribution in [0.1, 0.15) is 44.6 Å². The number of ether oxygens (including phenoxy) is 1. The fourth-order valence-electron chi connectivity index (χ4n) is 2.60. The molecule has 2 nitrogen and oxygen atoms in total. The van der Waals surface area contributed by atoms with Crippen LogP contribution in [-0.4, -0.2) is 23.6 Å². The summed E-state index contributed by atoms with van der Waals surface area (Å²) < 4.78 is 5.19. The van der Waals surface area contributed by atoms with Crippen molar-refractivity contribution in [3.05, 3.63) is 40.4 Å². The molecule has 0 bridgehead atoms. The van der Waals surface area contributed by atoms with Crippen molar-refractivity contribution < 1.29 is 9.53 Å². The monoisotopic (exact) mass is 338 g/mol.